The fourth-order valence-corrected chi connectivity index (χ4v) is 3.34. The van der Waals surface area contributed by atoms with E-state index < -0.39 is 5.82 Å². The Morgan fingerprint density at radius 2 is 2.14 bits per heavy atom. The minimum Gasteiger partial charge on any atom is -0.435 e. The van der Waals surface area contributed by atoms with Crippen LogP contribution in [0.4, 0.5) is 4.39 Å². The number of benzene rings is 1. The highest BCUT2D eigenvalue weighted by Gasteiger charge is 2.14. The second kappa shape index (κ2) is 5.87. The van der Waals surface area contributed by atoms with Gasteiger partial charge in [-0.3, -0.25) is 0 Å². The summed E-state index contributed by atoms with van der Waals surface area (Å²) in [6, 6.07) is 6.51. The zero-order valence-electron chi connectivity index (χ0n) is 10.9. The zero-order valence-corrected chi connectivity index (χ0v) is 14.0. The molecule has 21 heavy (non-hydrogen) atoms. The Morgan fingerprint density at radius 1 is 1.33 bits per heavy atom. The van der Waals surface area contributed by atoms with E-state index in [1.54, 1.807) is 6.07 Å². The number of aromatic nitrogens is 2. The van der Waals surface area contributed by atoms with Crippen molar-refractivity contribution in [3.63, 3.8) is 0 Å². The molecular weight excluding hydrogens is 379 g/mol. The summed E-state index contributed by atoms with van der Waals surface area (Å²) in [5, 5.41) is 0.822. The van der Waals surface area contributed by atoms with Crippen molar-refractivity contribution in [2.75, 3.05) is 0 Å². The summed E-state index contributed by atoms with van der Waals surface area (Å²) in [5.41, 5.74) is 0. The second-order valence-corrected chi connectivity index (χ2v) is 6.63. The molecule has 0 atom stereocenters. The predicted octanol–water partition coefficient (Wildman–Crippen LogP) is 5.60. The molecule has 0 saturated heterocycles. The van der Waals surface area contributed by atoms with Crippen molar-refractivity contribution in [3.05, 3.63) is 44.7 Å². The lowest BCUT2D eigenvalue weighted by molar-refractivity contribution is 0.431. The molecule has 0 aliphatic rings. The Balaban J connectivity index is 2.08. The first-order valence-electron chi connectivity index (χ1n) is 6.15. The molecule has 0 spiro atoms. The predicted molar refractivity (Wildman–Crippen MR) is 86.0 cm³/mol. The number of hydrogen-bond donors (Lipinski definition) is 0. The molecule has 0 radical (unpaired) electrons. The lowest BCUT2D eigenvalue weighted by Gasteiger charge is -2.07. The van der Waals surface area contributed by atoms with Crippen LogP contribution in [0.25, 0.3) is 10.2 Å². The topological polar surface area (TPSA) is 35.0 Å². The Labute approximate surface area is 137 Å². The summed E-state index contributed by atoms with van der Waals surface area (Å²) >= 11 is 10.6. The van der Waals surface area contributed by atoms with Gasteiger partial charge in [-0.1, -0.05) is 22.9 Å². The summed E-state index contributed by atoms with van der Waals surface area (Å²) in [4.78, 5) is 10.1. The van der Waals surface area contributed by atoms with Crippen LogP contribution in [0.5, 0.6) is 11.6 Å². The molecule has 2 heterocycles. The molecule has 0 fully saturated rings. The number of nitrogens with zero attached hydrogens (tertiary/aromatic N) is 2. The largest absolute Gasteiger partial charge is 0.435 e. The van der Waals surface area contributed by atoms with Gasteiger partial charge in [-0.15, -0.1) is 11.3 Å². The Hall–Kier alpha value is -1.24. The van der Waals surface area contributed by atoms with Crippen LogP contribution in [0.3, 0.4) is 0 Å². The second-order valence-electron chi connectivity index (χ2n) is 4.26. The van der Waals surface area contributed by atoms with Crippen LogP contribution in [0, 0.1) is 5.82 Å². The van der Waals surface area contributed by atoms with Crippen molar-refractivity contribution < 1.29 is 9.13 Å². The lowest BCUT2D eigenvalue weighted by Crippen LogP contribution is -1.93. The summed E-state index contributed by atoms with van der Waals surface area (Å²) in [7, 11) is 0. The van der Waals surface area contributed by atoms with E-state index in [0.717, 1.165) is 21.5 Å². The van der Waals surface area contributed by atoms with Crippen molar-refractivity contribution in [3.8, 4) is 11.6 Å². The molecule has 0 N–H and O–H groups in total. The number of halogens is 3. The first-order valence-corrected chi connectivity index (χ1v) is 8.14. The highest BCUT2D eigenvalue weighted by atomic mass is 79.9. The Kier molecular flexibility index (Phi) is 4.10. The van der Waals surface area contributed by atoms with E-state index in [4.69, 9.17) is 16.3 Å². The molecule has 2 aromatic heterocycles. The van der Waals surface area contributed by atoms with Crippen LogP contribution in [0.1, 0.15) is 11.8 Å². The monoisotopic (exact) mass is 386 g/mol. The average Bonchev–Trinajstić information content (AvgIpc) is 2.85. The molecule has 3 nitrogen and oxygen atoms in total. The third-order valence-electron chi connectivity index (χ3n) is 2.83. The number of fused-ring (bicyclic) bond motifs is 1. The normalized spacial score (nSPS) is 11.0. The Bertz CT molecular complexity index is 824. The van der Waals surface area contributed by atoms with Gasteiger partial charge in [-0.2, -0.15) is 4.98 Å². The van der Waals surface area contributed by atoms with E-state index in [1.807, 2.05) is 6.07 Å². The number of rotatable bonds is 3. The lowest BCUT2D eigenvalue weighted by atomic mass is 10.3. The first-order chi connectivity index (χ1) is 10.1. The van der Waals surface area contributed by atoms with Crippen molar-refractivity contribution >= 4 is 49.1 Å². The van der Waals surface area contributed by atoms with Gasteiger partial charge in [-0.05, 0) is 42.3 Å². The third-order valence-corrected chi connectivity index (χ3v) is 4.67. The molecule has 7 heteroatoms. The molecule has 0 amide bonds. The molecular formula is C14H9BrClFN2OS. The van der Waals surface area contributed by atoms with Gasteiger partial charge in [-0.25, -0.2) is 9.37 Å². The zero-order chi connectivity index (χ0) is 15.0. The molecule has 1 aromatic carbocycles. The summed E-state index contributed by atoms with van der Waals surface area (Å²) in [5.74, 6) is -0.112. The van der Waals surface area contributed by atoms with E-state index in [1.165, 1.54) is 23.5 Å². The minimum absolute atomic E-state index is 0.0829. The molecule has 3 rings (SSSR count). The van der Waals surface area contributed by atoms with Gasteiger partial charge in [0.15, 0.2) is 11.6 Å². The van der Waals surface area contributed by atoms with E-state index in [9.17, 15) is 4.39 Å². The van der Waals surface area contributed by atoms with Gasteiger partial charge in [0.1, 0.15) is 4.83 Å². The molecule has 3 aromatic rings. The van der Waals surface area contributed by atoms with Crippen LogP contribution >= 0.6 is 38.9 Å². The number of thiophene rings is 1. The first kappa shape index (κ1) is 14.7. The van der Waals surface area contributed by atoms with Gasteiger partial charge < -0.3 is 4.74 Å². The highest BCUT2D eigenvalue weighted by Crippen LogP contribution is 2.35. The molecule has 0 aliphatic heterocycles. The van der Waals surface area contributed by atoms with Crippen LogP contribution in [-0.4, -0.2) is 9.97 Å². The fraction of sp³-hybridized carbons (Fsp3) is 0.143. The van der Waals surface area contributed by atoms with E-state index in [0.29, 0.717) is 4.47 Å². The number of aryl methyl sites for hydroxylation is 1. The maximum atomic E-state index is 13.9. The summed E-state index contributed by atoms with van der Waals surface area (Å²) in [6.07, 6.45) is 0.880. The van der Waals surface area contributed by atoms with Crippen LogP contribution in [0.15, 0.2) is 28.7 Å². The van der Waals surface area contributed by atoms with E-state index in [-0.39, 0.29) is 16.9 Å². The van der Waals surface area contributed by atoms with Crippen LogP contribution < -0.4 is 4.74 Å². The quantitative estimate of drug-likeness (QED) is 0.549. The number of ether oxygens (including phenoxy) is 1. The van der Waals surface area contributed by atoms with Gasteiger partial charge in [0.2, 0.25) is 11.2 Å². The van der Waals surface area contributed by atoms with E-state index >= 15 is 0 Å². The number of hydrogen-bond acceptors (Lipinski definition) is 4. The summed E-state index contributed by atoms with van der Waals surface area (Å²) in [6.45, 7) is 2.05. The van der Waals surface area contributed by atoms with Gasteiger partial charge in [0, 0.05) is 9.35 Å². The molecule has 0 saturated carbocycles. The van der Waals surface area contributed by atoms with Crippen molar-refractivity contribution in [1.82, 2.24) is 9.97 Å². The maximum absolute atomic E-state index is 13.9. The maximum Gasteiger partial charge on any atom is 0.232 e. The SMILES string of the molecule is CCc1cc2c(Oc3ccc(Br)cc3F)nc(Cl)nc2s1. The van der Waals surface area contributed by atoms with Crippen molar-refractivity contribution in [2.24, 2.45) is 0 Å². The van der Waals surface area contributed by atoms with E-state index in [2.05, 4.69) is 32.8 Å². The highest BCUT2D eigenvalue weighted by molar-refractivity contribution is 9.10. The van der Waals surface area contributed by atoms with Crippen molar-refractivity contribution in [2.45, 2.75) is 13.3 Å². The van der Waals surface area contributed by atoms with Crippen molar-refractivity contribution in [1.29, 1.82) is 0 Å². The molecule has 0 bridgehead atoms. The molecule has 0 aliphatic carbocycles. The van der Waals surface area contributed by atoms with Gasteiger partial charge in [0.05, 0.1) is 5.39 Å². The standard InChI is InChI=1S/C14H9BrClFN2OS/c1-2-8-6-9-12(18-14(16)19-13(9)21-8)20-11-4-3-7(15)5-10(11)17/h3-6H,2H2,1H3. The minimum atomic E-state index is -0.474. The third kappa shape index (κ3) is 3.02. The van der Waals surface area contributed by atoms with Gasteiger partial charge in [0.25, 0.3) is 0 Å². The van der Waals surface area contributed by atoms with Crippen LogP contribution in [0.2, 0.25) is 5.28 Å². The fourth-order valence-electron chi connectivity index (χ4n) is 1.83. The average molecular weight is 388 g/mol. The molecule has 0 unspecified atom stereocenters. The Morgan fingerprint density at radius 3 is 2.86 bits per heavy atom. The molecule has 108 valence electrons. The van der Waals surface area contributed by atoms with Gasteiger partial charge >= 0.3 is 0 Å². The smallest absolute Gasteiger partial charge is 0.232 e. The van der Waals surface area contributed by atoms with Crippen LogP contribution in [-0.2, 0) is 6.42 Å². The summed E-state index contributed by atoms with van der Waals surface area (Å²) < 4.78 is 20.1.